The van der Waals surface area contributed by atoms with Crippen molar-refractivity contribution in [3.8, 4) is 17.1 Å². The highest BCUT2D eigenvalue weighted by molar-refractivity contribution is 5.78. The minimum absolute atomic E-state index is 0.145. The number of hydrogen-bond donors (Lipinski definition) is 1. The second kappa shape index (κ2) is 8.06. The number of amides is 1. The maximum absolute atomic E-state index is 11.9. The van der Waals surface area contributed by atoms with Crippen LogP contribution in [0.1, 0.15) is 18.7 Å². The molecule has 2 aromatic rings. The van der Waals surface area contributed by atoms with E-state index in [0.717, 1.165) is 50.3 Å². The van der Waals surface area contributed by atoms with Crippen LogP contribution in [-0.4, -0.2) is 71.7 Å². The van der Waals surface area contributed by atoms with E-state index >= 15 is 0 Å². The number of nitrogens with zero attached hydrogens (tertiary/aromatic N) is 4. The largest absolute Gasteiger partial charge is 0.497 e. The summed E-state index contributed by atoms with van der Waals surface area (Å²) in [7, 11) is 1.64. The fourth-order valence-electron chi connectivity index (χ4n) is 3.18. The van der Waals surface area contributed by atoms with Gasteiger partial charge in [0.1, 0.15) is 5.75 Å². The van der Waals surface area contributed by atoms with Crippen LogP contribution in [-0.2, 0) is 11.3 Å². The molecule has 8 nitrogen and oxygen atoms in total. The Bertz CT molecular complexity index is 764. The summed E-state index contributed by atoms with van der Waals surface area (Å²) in [6.45, 7) is 4.64. The molecule has 1 aliphatic carbocycles. The average Bonchev–Trinajstić information content (AvgIpc) is 3.38. The summed E-state index contributed by atoms with van der Waals surface area (Å²) in [5.74, 6) is 2.14. The van der Waals surface area contributed by atoms with Crippen LogP contribution in [0.5, 0.6) is 5.75 Å². The normalized spacial score (nSPS) is 18.4. The number of carbonyl (C=O) groups is 1. The van der Waals surface area contributed by atoms with Gasteiger partial charge in [-0.3, -0.25) is 14.6 Å². The standard InChI is InChI=1S/C19H25N5O3/c1-26-16-6-2-14(3-7-16)19-21-18(27-22-19)13-24-10-8-23(9-11-24)12-17(25)20-15-4-5-15/h2-3,6-7,15H,4-5,8-13H2,1H3,(H,20,25). The number of aromatic nitrogens is 2. The molecular formula is C19H25N5O3. The molecule has 1 aromatic heterocycles. The van der Waals surface area contributed by atoms with Crippen molar-refractivity contribution in [2.45, 2.75) is 25.4 Å². The van der Waals surface area contributed by atoms with Gasteiger partial charge >= 0.3 is 0 Å². The van der Waals surface area contributed by atoms with E-state index < -0.39 is 0 Å². The number of rotatable bonds is 7. The fraction of sp³-hybridized carbons (Fsp3) is 0.526. The Hall–Kier alpha value is -2.45. The third kappa shape index (κ3) is 4.84. The van der Waals surface area contributed by atoms with Crippen LogP contribution < -0.4 is 10.1 Å². The lowest BCUT2D eigenvalue weighted by Crippen LogP contribution is -2.49. The van der Waals surface area contributed by atoms with Crippen molar-refractivity contribution in [2.75, 3.05) is 39.8 Å². The zero-order chi connectivity index (χ0) is 18.6. The Morgan fingerprint density at radius 2 is 1.89 bits per heavy atom. The Labute approximate surface area is 158 Å². The SMILES string of the molecule is COc1ccc(-c2noc(CN3CCN(CC(=O)NC4CC4)CC3)n2)cc1. The van der Waals surface area contributed by atoms with Gasteiger partial charge in [-0.05, 0) is 37.1 Å². The molecule has 0 unspecified atom stereocenters. The summed E-state index contributed by atoms with van der Waals surface area (Å²) in [6, 6.07) is 8.02. The molecule has 2 aliphatic rings. The molecule has 0 bridgehead atoms. The van der Waals surface area contributed by atoms with E-state index in [-0.39, 0.29) is 5.91 Å². The third-order valence-corrected chi connectivity index (χ3v) is 4.95. The number of hydrogen-bond acceptors (Lipinski definition) is 7. The molecule has 1 aliphatic heterocycles. The van der Waals surface area contributed by atoms with Gasteiger partial charge in [0.15, 0.2) is 0 Å². The lowest BCUT2D eigenvalue weighted by Gasteiger charge is -2.33. The summed E-state index contributed by atoms with van der Waals surface area (Å²) in [6.07, 6.45) is 2.25. The van der Waals surface area contributed by atoms with Crippen LogP contribution in [0.2, 0.25) is 0 Å². The first-order valence-electron chi connectivity index (χ1n) is 9.41. The molecule has 0 radical (unpaired) electrons. The quantitative estimate of drug-likeness (QED) is 0.781. The topological polar surface area (TPSA) is 83.7 Å². The molecule has 144 valence electrons. The molecule has 1 saturated heterocycles. The van der Waals surface area contributed by atoms with Crippen LogP contribution >= 0.6 is 0 Å². The summed E-state index contributed by atoms with van der Waals surface area (Å²) >= 11 is 0. The maximum Gasteiger partial charge on any atom is 0.241 e. The highest BCUT2D eigenvalue weighted by atomic mass is 16.5. The predicted octanol–water partition coefficient (Wildman–Crippen LogP) is 1.14. The molecule has 27 heavy (non-hydrogen) atoms. The van der Waals surface area contributed by atoms with Gasteiger partial charge in [-0.2, -0.15) is 4.98 Å². The Morgan fingerprint density at radius 1 is 1.19 bits per heavy atom. The van der Waals surface area contributed by atoms with Gasteiger partial charge in [-0.25, -0.2) is 0 Å². The van der Waals surface area contributed by atoms with Gasteiger partial charge in [0.05, 0.1) is 20.2 Å². The molecule has 2 fully saturated rings. The molecule has 2 heterocycles. The highest BCUT2D eigenvalue weighted by Crippen LogP contribution is 2.20. The maximum atomic E-state index is 11.9. The van der Waals surface area contributed by atoms with Crippen molar-refractivity contribution >= 4 is 5.91 Å². The van der Waals surface area contributed by atoms with Gasteiger partial charge in [0, 0.05) is 37.8 Å². The minimum atomic E-state index is 0.145. The molecule has 1 aromatic carbocycles. The lowest BCUT2D eigenvalue weighted by molar-refractivity contribution is -0.122. The zero-order valence-electron chi connectivity index (χ0n) is 15.6. The number of carbonyl (C=O) groups excluding carboxylic acids is 1. The van der Waals surface area contributed by atoms with Crippen LogP contribution in [0.25, 0.3) is 11.4 Å². The Morgan fingerprint density at radius 3 is 2.56 bits per heavy atom. The van der Waals surface area contributed by atoms with Gasteiger partial charge in [-0.1, -0.05) is 5.16 Å². The first-order chi connectivity index (χ1) is 13.2. The van der Waals surface area contributed by atoms with Crippen molar-refractivity contribution in [1.29, 1.82) is 0 Å². The molecule has 0 spiro atoms. The number of ether oxygens (including phenoxy) is 1. The van der Waals surface area contributed by atoms with Crippen molar-refractivity contribution in [3.63, 3.8) is 0 Å². The highest BCUT2D eigenvalue weighted by Gasteiger charge is 2.25. The first-order valence-corrected chi connectivity index (χ1v) is 9.41. The second-order valence-electron chi connectivity index (χ2n) is 7.13. The second-order valence-corrected chi connectivity index (χ2v) is 7.13. The zero-order valence-corrected chi connectivity index (χ0v) is 15.6. The third-order valence-electron chi connectivity index (χ3n) is 4.95. The van der Waals surface area contributed by atoms with Gasteiger partial charge in [-0.15, -0.1) is 0 Å². The van der Waals surface area contributed by atoms with Gasteiger partial charge < -0.3 is 14.6 Å². The van der Waals surface area contributed by atoms with E-state index in [0.29, 0.717) is 30.8 Å². The fourth-order valence-corrected chi connectivity index (χ4v) is 3.18. The van der Waals surface area contributed by atoms with Crippen molar-refractivity contribution in [1.82, 2.24) is 25.3 Å². The van der Waals surface area contributed by atoms with Crippen molar-refractivity contribution < 1.29 is 14.1 Å². The number of methoxy groups -OCH3 is 1. The smallest absolute Gasteiger partial charge is 0.241 e. The van der Waals surface area contributed by atoms with Crippen LogP contribution in [0.4, 0.5) is 0 Å². The summed E-state index contributed by atoms with van der Waals surface area (Å²) in [4.78, 5) is 20.9. The predicted molar refractivity (Wildman–Crippen MR) is 99.2 cm³/mol. The van der Waals surface area contributed by atoms with E-state index in [1.54, 1.807) is 7.11 Å². The first kappa shape index (κ1) is 17.9. The molecule has 1 saturated carbocycles. The van der Waals surface area contributed by atoms with Crippen LogP contribution in [0, 0.1) is 0 Å². The van der Waals surface area contributed by atoms with Crippen LogP contribution in [0.15, 0.2) is 28.8 Å². The van der Waals surface area contributed by atoms with E-state index in [4.69, 9.17) is 9.26 Å². The Balaban J connectivity index is 1.25. The van der Waals surface area contributed by atoms with Crippen molar-refractivity contribution in [3.05, 3.63) is 30.2 Å². The number of nitrogens with one attached hydrogen (secondary N) is 1. The van der Waals surface area contributed by atoms with Gasteiger partial charge in [0.2, 0.25) is 17.6 Å². The van der Waals surface area contributed by atoms with Crippen molar-refractivity contribution in [2.24, 2.45) is 0 Å². The molecule has 4 rings (SSSR count). The summed E-state index contributed by atoms with van der Waals surface area (Å²) < 4.78 is 10.6. The molecule has 1 N–H and O–H groups in total. The monoisotopic (exact) mass is 371 g/mol. The van der Waals surface area contributed by atoms with E-state index in [2.05, 4.69) is 25.3 Å². The van der Waals surface area contributed by atoms with E-state index in [1.165, 1.54) is 0 Å². The van der Waals surface area contributed by atoms with Gasteiger partial charge in [0.25, 0.3) is 0 Å². The molecular weight excluding hydrogens is 346 g/mol. The lowest BCUT2D eigenvalue weighted by atomic mass is 10.2. The van der Waals surface area contributed by atoms with Crippen LogP contribution in [0.3, 0.4) is 0 Å². The summed E-state index contributed by atoms with van der Waals surface area (Å²) in [5.41, 5.74) is 0.900. The summed E-state index contributed by atoms with van der Waals surface area (Å²) in [5, 5.41) is 7.12. The van der Waals surface area contributed by atoms with E-state index in [9.17, 15) is 4.79 Å². The number of benzene rings is 1. The van der Waals surface area contributed by atoms with E-state index in [1.807, 2.05) is 24.3 Å². The Kier molecular flexibility index (Phi) is 5.35. The molecule has 1 amide bonds. The number of piperazine rings is 1. The average molecular weight is 371 g/mol. The molecule has 8 heteroatoms. The minimum Gasteiger partial charge on any atom is -0.497 e. The molecule has 0 atom stereocenters.